The molecule has 0 saturated carbocycles. The summed E-state index contributed by atoms with van der Waals surface area (Å²) in [6.07, 6.45) is 1.76. The third-order valence-electron chi connectivity index (χ3n) is 6.86. The van der Waals surface area contributed by atoms with Crippen molar-refractivity contribution in [3.8, 4) is 12.1 Å². The van der Waals surface area contributed by atoms with E-state index in [1.165, 1.54) is 0 Å². The summed E-state index contributed by atoms with van der Waals surface area (Å²) >= 11 is 0. The van der Waals surface area contributed by atoms with E-state index in [9.17, 15) is 15.3 Å². The average molecular weight is 368 g/mol. The van der Waals surface area contributed by atoms with Crippen LogP contribution in [0.25, 0.3) is 0 Å². The lowest BCUT2D eigenvalue weighted by atomic mass is 9.57. The number of nitriles is 2. The van der Waals surface area contributed by atoms with Crippen LogP contribution in [-0.4, -0.2) is 23.4 Å². The van der Waals surface area contributed by atoms with Crippen molar-refractivity contribution in [2.75, 3.05) is 11.9 Å². The van der Waals surface area contributed by atoms with Crippen molar-refractivity contribution in [1.29, 1.82) is 10.5 Å². The Morgan fingerprint density at radius 1 is 1.11 bits per heavy atom. The summed E-state index contributed by atoms with van der Waals surface area (Å²) in [5.41, 5.74) is 0.879. The number of para-hydroxylation sites is 1. The van der Waals surface area contributed by atoms with Gasteiger partial charge in [-0.15, -0.1) is 0 Å². The third kappa shape index (κ3) is 1.75. The number of benzene rings is 2. The number of carbonyl (C=O) groups excluding carboxylic acids is 1. The smallest absolute Gasteiger partial charge is 0.239 e. The molecule has 0 aromatic heterocycles. The summed E-state index contributed by atoms with van der Waals surface area (Å²) < 4.78 is 0. The lowest BCUT2D eigenvalue weighted by Crippen LogP contribution is -2.53. The molecule has 28 heavy (non-hydrogen) atoms. The van der Waals surface area contributed by atoms with Crippen LogP contribution in [0.3, 0.4) is 0 Å². The summed E-state index contributed by atoms with van der Waals surface area (Å²) in [5.74, 6) is -0.219. The molecule has 1 N–H and O–H groups in total. The SMILES string of the molecule is Cc1ccc([C@@H]2N3CCC[C@H]3[C@@]3(C(=O)Nc4ccccc43)C2(C#N)C#N)cc1. The van der Waals surface area contributed by atoms with Crippen LogP contribution in [0.2, 0.25) is 0 Å². The fourth-order valence-corrected chi connectivity index (χ4v) is 5.81. The number of carbonyl (C=O) groups is 1. The van der Waals surface area contributed by atoms with E-state index >= 15 is 0 Å². The van der Waals surface area contributed by atoms with Crippen molar-refractivity contribution in [2.24, 2.45) is 5.41 Å². The van der Waals surface area contributed by atoms with E-state index in [0.29, 0.717) is 0 Å². The van der Waals surface area contributed by atoms with E-state index in [4.69, 9.17) is 0 Å². The normalized spacial score (nSPS) is 29.8. The summed E-state index contributed by atoms with van der Waals surface area (Å²) in [7, 11) is 0. The third-order valence-corrected chi connectivity index (χ3v) is 6.86. The topological polar surface area (TPSA) is 79.9 Å². The van der Waals surface area contributed by atoms with Crippen LogP contribution < -0.4 is 5.32 Å². The number of hydrogen-bond acceptors (Lipinski definition) is 4. The first-order chi connectivity index (χ1) is 13.6. The highest BCUT2D eigenvalue weighted by atomic mass is 16.2. The number of nitrogens with zero attached hydrogens (tertiary/aromatic N) is 3. The molecule has 3 atom stereocenters. The van der Waals surface area contributed by atoms with Crippen molar-refractivity contribution in [2.45, 2.75) is 37.3 Å². The second kappa shape index (κ2) is 5.67. The van der Waals surface area contributed by atoms with Crippen LogP contribution in [0.5, 0.6) is 0 Å². The van der Waals surface area contributed by atoms with Gasteiger partial charge in [-0.05, 0) is 43.5 Å². The molecule has 3 aliphatic heterocycles. The molecule has 0 bridgehead atoms. The zero-order valence-corrected chi connectivity index (χ0v) is 15.6. The molecule has 5 heteroatoms. The molecular formula is C23H20N4O. The predicted octanol–water partition coefficient (Wildman–Crippen LogP) is 3.44. The maximum Gasteiger partial charge on any atom is 0.239 e. The summed E-state index contributed by atoms with van der Waals surface area (Å²) in [6.45, 7) is 2.80. The number of aryl methyl sites for hydroxylation is 1. The van der Waals surface area contributed by atoms with E-state index in [0.717, 1.165) is 41.8 Å². The van der Waals surface area contributed by atoms with Gasteiger partial charge in [0.25, 0.3) is 0 Å². The monoisotopic (exact) mass is 368 g/mol. The van der Waals surface area contributed by atoms with E-state index in [1.807, 2.05) is 55.5 Å². The van der Waals surface area contributed by atoms with Gasteiger partial charge in [0.15, 0.2) is 5.41 Å². The van der Waals surface area contributed by atoms with Gasteiger partial charge in [0, 0.05) is 11.7 Å². The molecule has 138 valence electrons. The Kier molecular flexibility index (Phi) is 3.44. The van der Waals surface area contributed by atoms with Gasteiger partial charge in [0.1, 0.15) is 5.41 Å². The molecule has 5 nitrogen and oxygen atoms in total. The molecule has 1 amide bonds. The molecule has 0 unspecified atom stereocenters. The lowest BCUT2D eigenvalue weighted by molar-refractivity contribution is -0.123. The zero-order valence-electron chi connectivity index (χ0n) is 15.6. The number of nitrogens with one attached hydrogen (secondary N) is 1. The fraction of sp³-hybridized carbons (Fsp3) is 0.348. The molecule has 0 radical (unpaired) electrons. The molecule has 0 aliphatic carbocycles. The lowest BCUT2D eigenvalue weighted by Gasteiger charge is -2.36. The highest BCUT2D eigenvalue weighted by Gasteiger charge is 2.76. The standard InChI is InChI=1S/C23H20N4O/c1-15-8-10-16(11-9-15)20-22(13-24,14-25)23(19-7-4-12-27(19)20)17-5-2-3-6-18(17)26-21(23)28/h2-3,5-6,8-11,19-20H,4,7,12H2,1H3,(H,26,28)/t19-,20-,23-/m0/s1. The molecule has 3 aliphatic rings. The second-order valence-corrected chi connectivity index (χ2v) is 8.05. The van der Waals surface area contributed by atoms with Gasteiger partial charge in [-0.25, -0.2) is 0 Å². The summed E-state index contributed by atoms with van der Waals surface area (Å²) in [5, 5.41) is 23.9. The van der Waals surface area contributed by atoms with Crippen molar-refractivity contribution in [3.63, 3.8) is 0 Å². The van der Waals surface area contributed by atoms with Gasteiger partial charge in [0.2, 0.25) is 5.91 Å². The van der Waals surface area contributed by atoms with E-state index in [1.54, 1.807) is 0 Å². The number of fused-ring (bicyclic) bond motifs is 4. The van der Waals surface area contributed by atoms with Gasteiger partial charge < -0.3 is 5.32 Å². The largest absolute Gasteiger partial charge is 0.325 e. The first kappa shape index (κ1) is 17.0. The van der Waals surface area contributed by atoms with Gasteiger partial charge in [-0.2, -0.15) is 10.5 Å². The summed E-state index contributed by atoms with van der Waals surface area (Å²) in [6, 6.07) is 19.7. The Labute approximate surface area is 164 Å². The van der Waals surface area contributed by atoms with Crippen LogP contribution in [0.15, 0.2) is 48.5 Å². The van der Waals surface area contributed by atoms with Crippen LogP contribution in [-0.2, 0) is 10.2 Å². The van der Waals surface area contributed by atoms with Crippen LogP contribution in [0.4, 0.5) is 5.69 Å². The van der Waals surface area contributed by atoms with Gasteiger partial charge in [-0.1, -0.05) is 48.0 Å². The molecule has 3 heterocycles. The van der Waals surface area contributed by atoms with Crippen LogP contribution in [0, 0.1) is 35.0 Å². The Morgan fingerprint density at radius 3 is 2.54 bits per heavy atom. The molecule has 2 aromatic rings. The number of amides is 1. The van der Waals surface area contributed by atoms with Crippen LogP contribution >= 0.6 is 0 Å². The number of hydrogen-bond donors (Lipinski definition) is 1. The minimum atomic E-state index is -1.50. The molecule has 2 aromatic carbocycles. The Hall–Kier alpha value is -3.15. The van der Waals surface area contributed by atoms with Gasteiger partial charge in [0.05, 0.1) is 18.2 Å². The van der Waals surface area contributed by atoms with Crippen LogP contribution in [0.1, 0.15) is 35.6 Å². The van der Waals surface area contributed by atoms with Crippen molar-refractivity contribution < 1.29 is 4.79 Å². The highest BCUT2D eigenvalue weighted by molar-refractivity contribution is 6.09. The molecular weight excluding hydrogens is 348 g/mol. The zero-order chi connectivity index (χ0) is 19.5. The summed E-state index contributed by atoms with van der Waals surface area (Å²) in [4.78, 5) is 15.8. The highest BCUT2D eigenvalue weighted by Crippen LogP contribution is 2.66. The fourth-order valence-electron chi connectivity index (χ4n) is 5.81. The average Bonchev–Trinajstić information content (AvgIpc) is 3.35. The Balaban J connectivity index is 1.84. The number of rotatable bonds is 1. The predicted molar refractivity (Wildman–Crippen MR) is 104 cm³/mol. The van der Waals surface area contributed by atoms with Crippen molar-refractivity contribution in [1.82, 2.24) is 4.90 Å². The maximum absolute atomic E-state index is 13.5. The van der Waals surface area contributed by atoms with Gasteiger partial charge in [-0.3, -0.25) is 9.69 Å². The molecule has 1 spiro atoms. The van der Waals surface area contributed by atoms with E-state index < -0.39 is 16.9 Å². The van der Waals surface area contributed by atoms with Crippen molar-refractivity contribution in [3.05, 3.63) is 65.2 Å². The van der Waals surface area contributed by atoms with Gasteiger partial charge >= 0.3 is 0 Å². The maximum atomic E-state index is 13.5. The quantitative estimate of drug-likeness (QED) is 0.836. The Morgan fingerprint density at radius 2 is 1.82 bits per heavy atom. The van der Waals surface area contributed by atoms with E-state index in [-0.39, 0.29) is 11.9 Å². The molecule has 2 fully saturated rings. The molecule has 5 rings (SSSR count). The first-order valence-corrected chi connectivity index (χ1v) is 9.66. The first-order valence-electron chi connectivity index (χ1n) is 9.66. The second-order valence-electron chi connectivity index (χ2n) is 8.05. The number of anilines is 1. The minimum absolute atomic E-state index is 0.165. The van der Waals surface area contributed by atoms with E-state index in [2.05, 4.69) is 22.4 Å². The Bertz CT molecular complexity index is 1050. The van der Waals surface area contributed by atoms with Crippen molar-refractivity contribution >= 4 is 11.6 Å². The minimum Gasteiger partial charge on any atom is -0.325 e. The molecule has 2 saturated heterocycles.